The van der Waals surface area contributed by atoms with E-state index in [-0.39, 0.29) is 11.8 Å². The first-order valence-electron chi connectivity index (χ1n) is 11.2. The van der Waals surface area contributed by atoms with E-state index in [1.54, 1.807) is 32.4 Å². The summed E-state index contributed by atoms with van der Waals surface area (Å²) in [6.45, 7) is 4.47. The molecular formula is C25H33N3O5. The molecule has 1 aliphatic heterocycles. The predicted octanol–water partition coefficient (Wildman–Crippen LogP) is 2.18. The second-order valence-electron chi connectivity index (χ2n) is 7.90. The minimum absolute atomic E-state index is 0.00158. The first-order chi connectivity index (χ1) is 16.1. The zero-order valence-corrected chi connectivity index (χ0v) is 19.4. The van der Waals surface area contributed by atoms with Gasteiger partial charge in [0.25, 0.3) is 5.91 Å². The highest BCUT2D eigenvalue weighted by Gasteiger charge is 2.24. The monoisotopic (exact) mass is 455 g/mol. The number of ether oxygens (including phenoxy) is 3. The van der Waals surface area contributed by atoms with E-state index in [0.717, 1.165) is 12.0 Å². The molecule has 2 amide bonds. The number of piperazine rings is 1. The molecule has 8 heteroatoms. The fraction of sp³-hybridized carbons (Fsp3) is 0.440. The van der Waals surface area contributed by atoms with Crippen LogP contribution in [0.3, 0.4) is 0 Å². The fourth-order valence-electron chi connectivity index (χ4n) is 3.65. The van der Waals surface area contributed by atoms with E-state index in [2.05, 4.69) is 10.2 Å². The highest BCUT2D eigenvalue weighted by atomic mass is 16.5. The molecule has 178 valence electrons. The number of hydrogen-bond acceptors (Lipinski definition) is 6. The van der Waals surface area contributed by atoms with Gasteiger partial charge in [0.15, 0.2) is 11.5 Å². The van der Waals surface area contributed by atoms with Crippen LogP contribution in [0.4, 0.5) is 0 Å². The van der Waals surface area contributed by atoms with E-state index in [4.69, 9.17) is 14.2 Å². The van der Waals surface area contributed by atoms with Gasteiger partial charge in [-0.15, -0.1) is 0 Å². The maximum atomic E-state index is 13.0. The second kappa shape index (κ2) is 12.8. The van der Waals surface area contributed by atoms with Crippen LogP contribution in [0.1, 0.15) is 22.3 Å². The summed E-state index contributed by atoms with van der Waals surface area (Å²) in [6.07, 6.45) is 0.796. The molecule has 3 rings (SSSR count). The van der Waals surface area contributed by atoms with Gasteiger partial charge in [-0.1, -0.05) is 30.3 Å². The smallest absolute Gasteiger partial charge is 0.254 e. The molecule has 0 atom stereocenters. The maximum absolute atomic E-state index is 13.0. The third kappa shape index (κ3) is 7.47. The van der Waals surface area contributed by atoms with Crippen LogP contribution in [0.15, 0.2) is 48.5 Å². The molecule has 0 radical (unpaired) electrons. The number of methoxy groups -OCH3 is 2. The average molecular weight is 456 g/mol. The quantitative estimate of drug-likeness (QED) is 0.523. The van der Waals surface area contributed by atoms with Crippen molar-refractivity contribution in [1.82, 2.24) is 15.1 Å². The molecule has 1 aliphatic rings. The standard InChI is InChI=1S/C25H33N3O5/c1-31-16-6-11-26-24(29)18-27-12-14-28(15-13-27)25(30)21-9-10-22(23(17-21)32-2)33-19-20-7-4-3-5-8-20/h3-5,7-10,17H,6,11-16,18-19H2,1-2H3,(H,26,29). The Balaban J connectivity index is 1.49. The number of nitrogens with zero attached hydrogens (tertiary/aromatic N) is 2. The molecule has 0 aromatic heterocycles. The number of hydrogen-bond donors (Lipinski definition) is 1. The summed E-state index contributed by atoms with van der Waals surface area (Å²) < 4.78 is 16.3. The van der Waals surface area contributed by atoms with Crippen LogP contribution in [-0.4, -0.2) is 81.7 Å². The molecule has 33 heavy (non-hydrogen) atoms. The molecule has 2 aromatic rings. The van der Waals surface area contributed by atoms with E-state index < -0.39 is 0 Å². The minimum atomic E-state index is -0.0495. The lowest BCUT2D eigenvalue weighted by Gasteiger charge is -2.34. The van der Waals surface area contributed by atoms with Crippen LogP contribution in [0, 0.1) is 0 Å². The Morgan fingerprint density at radius 1 is 0.970 bits per heavy atom. The van der Waals surface area contributed by atoms with Gasteiger partial charge in [-0.3, -0.25) is 14.5 Å². The Hall–Kier alpha value is -3.10. The van der Waals surface area contributed by atoms with E-state index in [9.17, 15) is 9.59 Å². The molecule has 0 saturated carbocycles. The molecule has 0 unspecified atom stereocenters. The summed E-state index contributed by atoms with van der Waals surface area (Å²) in [5, 5.41) is 2.90. The molecule has 0 bridgehead atoms. The van der Waals surface area contributed by atoms with Crippen LogP contribution >= 0.6 is 0 Å². The molecule has 2 aromatic carbocycles. The van der Waals surface area contributed by atoms with E-state index in [1.807, 2.05) is 35.2 Å². The molecule has 1 fully saturated rings. The Kier molecular flexibility index (Phi) is 9.53. The molecule has 1 saturated heterocycles. The van der Waals surface area contributed by atoms with Gasteiger partial charge in [0.05, 0.1) is 13.7 Å². The number of benzene rings is 2. The number of carbonyl (C=O) groups is 2. The predicted molar refractivity (Wildman–Crippen MR) is 126 cm³/mol. The average Bonchev–Trinajstić information content (AvgIpc) is 2.86. The van der Waals surface area contributed by atoms with Gasteiger partial charge in [-0.05, 0) is 30.2 Å². The largest absolute Gasteiger partial charge is 0.493 e. The zero-order chi connectivity index (χ0) is 23.5. The maximum Gasteiger partial charge on any atom is 0.254 e. The van der Waals surface area contributed by atoms with Crippen LogP contribution in [0.2, 0.25) is 0 Å². The van der Waals surface area contributed by atoms with Crippen molar-refractivity contribution in [3.63, 3.8) is 0 Å². The number of carbonyl (C=O) groups excluding carboxylic acids is 2. The van der Waals surface area contributed by atoms with Crippen molar-refractivity contribution in [2.45, 2.75) is 13.0 Å². The summed E-state index contributed by atoms with van der Waals surface area (Å²) in [5.74, 6) is 1.08. The lowest BCUT2D eigenvalue weighted by atomic mass is 10.1. The molecule has 1 N–H and O–H groups in total. The third-order valence-electron chi connectivity index (χ3n) is 5.52. The Bertz CT molecular complexity index is 898. The zero-order valence-electron chi connectivity index (χ0n) is 19.4. The lowest BCUT2D eigenvalue weighted by Crippen LogP contribution is -2.51. The van der Waals surface area contributed by atoms with Gasteiger partial charge in [-0.2, -0.15) is 0 Å². The van der Waals surface area contributed by atoms with Gasteiger partial charge >= 0.3 is 0 Å². The molecule has 1 heterocycles. The van der Waals surface area contributed by atoms with Gasteiger partial charge in [-0.25, -0.2) is 0 Å². The van der Waals surface area contributed by atoms with Crippen molar-refractivity contribution in [2.24, 2.45) is 0 Å². The first kappa shape index (κ1) is 24.5. The van der Waals surface area contributed by atoms with Crippen LogP contribution < -0.4 is 14.8 Å². The van der Waals surface area contributed by atoms with Crippen LogP contribution in [0.5, 0.6) is 11.5 Å². The molecule has 0 aliphatic carbocycles. The molecule has 8 nitrogen and oxygen atoms in total. The van der Waals surface area contributed by atoms with E-state index in [0.29, 0.717) is 69.5 Å². The SMILES string of the molecule is COCCCNC(=O)CN1CCN(C(=O)c2ccc(OCc3ccccc3)c(OC)c2)CC1. The van der Waals surface area contributed by atoms with Crippen LogP contribution in [0.25, 0.3) is 0 Å². The number of rotatable bonds is 11. The highest BCUT2D eigenvalue weighted by molar-refractivity contribution is 5.95. The van der Waals surface area contributed by atoms with Crippen molar-refractivity contribution < 1.29 is 23.8 Å². The van der Waals surface area contributed by atoms with Gasteiger partial charge < -0.3 is 24.4 Å². The van der Waals surface area contributed by atoms with E-state index in [1.165, 1.54) is 0 Å². The molecule has 0 spiro atoms. The minimum Gasteiger partial charge on any atom is -0.493 e. The Labute approximate surface area is 195 Å². The van der Waals surface area contributed by atoms with Crippen molar-refractivity contribution in [2.75, 3.05) is 60.1 Å². The lowest BCUT2D eigenvalue weighted by molar-refractivity contribution is -0.122. The summed E-state index contributed by atoms with van der Waals surface area (Å²) >= 11 is 0. The fourth-order valence-corrected chi connectivity index (χ4v) is 3.65. The summed E-state index contributed by atoms with van der Waals surface area (Å²) in [5.41, 5.74) is 1.62. The van der Waals surface area contributed by atoms with Gasteiger partial charge in [0.1, 0.15) is 6.61 Å². The topological polar surface area (TPSA) is 80.3 Å². The first-order valence-corrected chi connectivity index (χ1v) is 11.2. The van der Waals surface area contributed by atoms with Crippen molar-refractivity contribution in [3.05, 3.63) is 59.7 Å². The molecular weight excluding hydrogens is 422 g/mol. The third-order valence-corrected chi connectivity index (χ3v) is 5.52. The van der Waals surface area contributed by atoms with Crippen molar-refractivity contribution in [3.8, 4) is 11.5 Å². The van der Waals surface area contributed by atoms with Gasteiger partial charge in [0, 0.05) is 52.0 Å². The highest BCUT2D eigenvalue weighted by Crippen LogP contribution is 2.29. The van der Waals surface area contributed by atoms with Crippen LogP contribution in [-0.2, 0) is 16.1 Å². The summed E-state index contributed by atoms with van der Waals surface area (Å²) in [7, 11) is 3.21. The summed E-state index contributed by atoms with van der Waals surface area (Å²) in [6, 6.07) is 15.2. The Morgan fingerprint density at radius 3 is 2.42 bits per heavy atom. The number of nitrogens with one attached hydrogen (secondary N) is 1. The Morgan fingerprint density at radius 2 is 1.73 bits per heavy atom. The normalized spacial score (nSPS) is 14.1. The van der Waals surface area contributed by atoms with E-state index >= 15 is 0 Å². The van der Waals surface area contributed by atoms with Crippen molar-refractivity contribution in [1.29, 1.82) is 0 Å². The summed E-state index contributed by atoms with van der Waals surface area (Å²) in [4.78, 5) is 28.9. The van der Waals surface area contributed by atoms with Gasteiger partial charge in [0.2, 0.25) is 5.91 Å². The van der Waals surface area contributed by atoms with Crippen molar-refractivity contribution >= 4 is 11.8 Å². The number of amides is 2. The second-order valence-corrected chi connectivity index (χ2v) is 7.90.